The number of nitrogens with two attached hydrogens (primary N) is 3. The summed E-state index contributed by atoms with van der Waals surface area (Å²) < 4.78 is 108. The lowest BCUT2D eigenvalue weighted by Crippen LogP contribution is -2.45. The average Bonchev–Trinajstić information content (AvgIpc) is 4.36. The molecule has 78 heavy (non-hydrogen) atoms. The van der Waals surface area contributed by atoms with Crippen LogP contribution < -0.4 is 32.9 Å². The maximum atomic E-state index is 14.0. The third-order valence-electron chi connectivity index (χ3n) is 12.8. The number of nitrogens with one attached hydrogen (secondary N) is 2. The predicted molar refractivity (Wildman–Crippen MR) is 264 cm³/mol. The van der Waals surface area contributed by atoms with Crippen LogP contribution in [-0.2, 0) is 66.9 Å². The number of hydrogen-bond acceptors (Lipinski definition) is 27. The van der Waals surface area contributed by atoms with Crippen molar-refractivity contribution in [3.63, 3.8) is 0 Å². The number of aliphatic hydroxyl groups excluding tert-OH is 3. The number of imidazole rings is 3. The minimum atomic E-state index is -5.65. The predicted octanol–water partition coefficient (Wildman–Crippen LogP) is -2.99. The Bertz CT molecular complexity index is 3530. The topological polar surface area (TPSA) is 533 Å². The highest BCUT2D eigenvalue weighted by Gasteiger charge is 2.53. The van der Waals surface area contributed by atoms with E-state index in [2.05, 4.69) is 44.2 Å². The third kappa shape index (κ3) is 11.9. The minimum Gasteiger partial charge on any atom is -0.387 e. The van der Waals surface area contributed by atoms with Gasteiger partial charge in [0.25, 0.3) is 17.1 Å². The lowest BCUT2D eigenvalue weighted by atomic mass is 9.99. The number of nitrogens with zero attached hydrogens (tertiary/aromatic N) is 10. The maximum Gasteiger partial charge on any atom is 0.479 e. The van der Waals surface area contributed by atoms with E-state index in [0.717, 1.165) is 17.2 Å². The van der Waals surface area contributed by atoms with E-state index < -0.39 is 155 Å². The molecule has 42 heteroatoms. The van der Waals surface area contributed by atoms with E-state index in [1.165, 1.54) is 47.6 Å². The zero-order chi connectivity index (χ0) is 56.4. The first-order valence-corrected chi connectivity index (χ1v) is 31.4. The van der Waals surface area contributed by atoms with Crippen molar-refractivity contribution in [2.75, 3.05) is 70.2 Å². The minimum absolute atomic E-state index is 0.0271. The van der Waals surface area contributed by atoms with Crippen molar-refractivity contribution < 1.29 is 99.3 Å². The average molecular weight is 1200 g/mol. The first-order chi connectivity index (χ1) is 36.7. The van der Waals surface area contributed by atoms with Crippen LogP contribution in [0, 0.1) is 5.92 Å². The van der Waals surface area contributed by atoms with Crippen molar-refractivity contribution in [2.45, 2.75) is 67.1 Å². The highest BCUT2D eigenvalue weighted by atomic mass is 32.1. The van der Waals surface area contributed by atoms with Gasteiger partial charge in [-0.05, 0) is 0 Å². The molecule has 9 heterocycles. The first-order valence-electron chi connectivity index (χ1n) is 22.9. The number of hydrogen-bond donors (Lipinski definition) is 12. The molecule has 0 bridgehead atoms. The van der Waals surface area contributed by atoms with E-state index in [1.54, 1.807) is 0 Å². The summed E-state index contributed by atoms with van der Waals surface area (Å²) in [4.78, 5) is 97.5. The van der Waals surface area contributed by atoms with Crippen LogP contribution in [0.5, 0.6) is 0 Å². The van der Waals surface area contributed by atoms with Gasteiger partial charge in [0.2, 0.25) is 17.7 Å². The number of nitrogen functional groups attached to an aromatic ring is 3. The highest BCUT2D eigenvalue weighted by molar-refractivity contribution is 8.20. The number of methoxy groups -OCH3 is 2. The standard InChI is InChI=1S/C36H52N15O22P5/c1-48-13-51(29-20(48)31(56)47-36(39)45-29)32-21(52)14(6-65-2)15(70-32)7-67-75(57,58)4-5-76(59,60)73-77(61,62)68-9-17-25(24(66-3)34(72-17)49-11-42-18-26(37)40-10-41-27(18)49)74-78(63,64)69-8-16-22(53)23(54)33(71-16)50-12-43-19-28(50)44-35(38)46-30(19)55/h10-17,21-25,32-34,52-54,74H,4-9H2,1-3H3,(H11-,37,38,39,40,41,44,45,46,47,55,56,57,58,59,60,61,62,63,64)/p+1/t14-,15-,16-,17?,21-,22-,23-,24-,25-,32-,33-,34-/m1/s1. The molecule has 6 aromatic heterocycles. The Balaban J connectivity index is 0.848. The van der Waals surface area contributed by atoms with Crippen molar-refractivity contribution in [2.24, 2.45) is 13.0 Å². The second-order valence-electron chi connectivity index (χ2n) is 17.9. The van der Waals surface area contributed by atoms with Crippen LogP contribution in [0.2, 0.25) is 0 Å². The van der Waals surface area contributed by atoms with Gasteiger partial charge in [-0.15, -0.1) is 0 Å². The highest BCUT2D eigenvalue weighted by Crippen LogP contribution is 2.67. The zero-order valence-electron chi connectivity index (χ0n) is 40.7. The molecule has 0 aromatic carbocycles. The largest absolute Gasteiger partial charge is 0.479 e. The molecule has 6 unspecified atom stereocenters. The van der Waals surface area contributed by atoms with Crippen LogP contribution in [0.4, 0.5) is 17.7 Å². The molecule has 3 saturated heterocycles. The normalized spacial score (nSPS) is 29.9. The number of anilines is 3. The Morgan fingerprint density at radius 2 is 1.37 bits per heavy atom. The number of phosphoric acid groups is 1. The molecule has 17 atom stereocenters. The second-order valence-corrected chi connectivity index (χ2v) is 28.2. The number of H-pyrrole nitrogens is 2. The zero-order valence-corrected chi connectivity index (χ0v) is 45.3. The summed E-state index contributed by atoms with van der Waals surface area (Å²) >= 11 is 0. The molecule has 37 nitrogen and oxygen atoms in total. The summed E-state index contributed by atoms with van der Waals surface area (Å²) in [6.45, 7) is -2.67. The van der Waals surface area contributed by atoms with Crippen LogP contribution >= 0.6 is 38.6 Å². The van der Waals surface area contributed by atoms with Gasteiger partial charge < -0.3 is 84.8 Å². The summed E-state index contributed by atoms with van der Waals surface area (Å²) in [6.07, 6.45) is -11.6. The summed E-state index contributed by atoms with van der Waals surface area (Å²) in [5.41, 5.74) is 14.9. The number of aryl methyl sites for hydroxylation is 1. The third-order valence-corrected chi connectivity index (χ3v) is 21.6. The number of aromatic nitrogens is 12. The van der Waals surface area contributed by atoms with Crippen LogP contribution in [0.25, 0.3) is 33.5 Å². The molecular formula is C36H53N15O22P5+. The molecule has 0 spiro atoms. The van der Waals surface area contributed by atoms with E-state index in [0.29, 0.717) is 0 Å². The van der Waals surface area contributed by atoms with Gasteiger partial charge in [-0.2, -0.15) is 4.98 Å². The van der Waals surface area contributed by atoms with E-state index in [4.69, 9.17) is 54.5 Å². The van der Waals surface area contributed by atoms with E-state index >= 15 is 0 Å². The molecule has 3 fully saturated rings. The fraction of sp³-hybridized carbons (Fsp3) is 0.583. The van der Waals surface area contributed by atoms with Crippen LogP contribution in [-0.4, -0.2) is 190 Å². The molecule has 0 amide bonds. The van der Waals surface area contributed by atoms with Gasteiger partial charge in [-0.1, -0.05) is 4.98 Å². The smallest absolute Gasteiger partial charge is 0.387 e. The number of aromatic amines is 2. The van der Waals surface area contributed by atoms with Crippen LogP contribution in [0.1, 0.15) is 18.7 Å². The Hall–Kier alpha value is -4.64. The molecule has 0 radical (unpaired) electrons. The number of fused-ring (bicyclic) bond motifs is 3. The number of rotatable bonds is 22. The summed E-state index contributed by atoms with van der Waals surface area (Å²) in [5, 5.41) is 33.1. The van der Waals surface area contributed by atoms with Gasteiger partial charge in [0, 0.05) is 34.1 Å². The van der Waals surface area contributed by atoms with Crippen molar-refractivity contribution in [3.8, 4) is 0 Å². The Kier molecular flexibility index (Phi) is 16.6. The summed E-state index contributed by atoms with van der Waals surface area (Å²) in [7, 11) is -17.9. The van der Waals surface area contributed by atoms with Gasteiger partial charge in [-0.3, -0.25) is 51.5 Å². The maximum absolute atomic E-state index is 14.0. The molecule has 6 aromatic rings. The number of aliphatic hydroxyl groups is 3. The molecule has 0 saturated carbocycles. The summed E-state index contributed by atoms with van der Waals surface area (Å²) in [6, 6.07) is 0. The van der Waals surface area contributed by atoms with E-state index in [1.807, 2.05) is 0 Å². The van der Waals surface area contributed by atoms with Gasteiger partial charge in [-0.25, -0.2) is 33.4 Å². The van der Waals surface area contributed by atoms with E-state index in [-0.39, 0.29) is 57.8 Å². The lowest BCUT2D eigenvalue weighted by molar-refractivity contribution is -0.745. The molecule has 428 valence electrons. The Morgan fingerprint density at radius 3 is 2.09 bits per heavy atom. The van der Waals surface area contributed by atoms with Crippen LogP contribution in [0.15, 0.2) is 34.9 Å². The quantitative estimate of drug-likeness (QED) is 0.0238. The lowest BCUT2D eigenvalue weighted by Gasteiger charge is -2.26. The van der Waals surface area contributed by atoms with E-state index in [9.17, 15) is 62.7 Å². The summed E-state index contributed by atoms with van der Waals surface area (Å²) in [5.74, 6) is -1.44. The molecule has 3 aliphatic heterocycles. The van der Waals surface area contributed by atoms with Gasteiger partial charge in [0.15, 0.2) is 41.4 Å². The molecule has 9 rings (SSSR count). The van der Waals surface area contributed by atoms with Crippen LogP contribution in [0.3, 0.4) is 0 Å². The SMILES string of the molecule is COC[C@H]1[C@@H](O)[C@H]([n+]2cn(C)c3c(=O)[nH]c(N)nc32)O[C@@H]1COP(=O)(O)CCP(=O)(O)OP(=O)(O)OCC1O[C@@H](n2cnc3c(N)ncnc32)[C@H](OC)[C@@H]1PP(=O)(O)OC[C@H]1O[C@@H](n2cnc3c(=O)[nH]c(N)nc32)[C@H](O)[C@@H]1O. The monoisotopic (exact) mass is 1200 g/mol. The fourth-order valence-electron chi connectivity index (χ4n) is 9.14. The van der Waals surface area contributed by atoms with Crippen molar-refractivity contribution in [1.82, 2.24) is 53.6 Å². The van der Waals surface area contributed by atoms with Gasteiger partial charge in [0.1, 0.15) is 42.4 Å². The molecule has 15 N–H and O–H groups in total. The Morgan fingerprint density at radius 1 is 0.731 bits per heavy atom. The molecule has 3 aliphatic rings. The molecule has 0 aliphatic carbocycles. The second kappa shape index (κ2) is 22.4. The fourth-order valence-corrected chi connectivity index (χ4v) is 17.9. The van der Waals surface area contributed by atoms with Crippen molar-refractivity contribution >= 4 is 89.8 Å². The Labute approximate surface area is 437 Å². The first kappa shape index (κ1) is 58.0. The van der Waals surface area contributed by atoms with Gasteiger partial charge in [0.05, 0.1) is 70.7 Å². The van der Waals surface area contributed by atoms with Crippen molar-refractivity contribution in [3.05, 3.63) is 46.0 Å². The molecular weight excluding hydrogens is 1150 g/mol. The van der Waals surface area contributed by atoms with Gasteiger partial charge >= 0.3 is 35.9 Å². The number of ether oxygens (including phenoxy) is 5. The van der Waals surface area contributed by atoms with Crippen molar-refractivity contribution in [1.29, 1.82) is 0 Å². The number of phosphoric ester groups is 1.